The van der Waals surface area contributed by atoms with Crippen LogP contribution in [0.2, 0.25) is 0 Å². The Bertz CT molecular complexity index is 528. The van der Waals surface area contributed by atoms with Crippen molar-refractivity contribution in [3.63, 3.8) is 0 Å². The van der Waals surface area contributed by atoms with E-state index in [1.54, 1.807) is 0 Å². The van der Waals surface area contributed by atoms with Crippen molar-refractivity contribution >= 4 is 27.7 Å². The maximum absolute atomic E-state index is 12.0. The van der Waals surface area contributed by atoms with Gasteiger partial charge in [0, 0.05) is 29.4 Å². The topological polar surface area (TPSA) is 58.2 Å². The van der Waals surface area contributed by atoms with Gasteiger partial charge in [-0.15, -0.1) is 0 Å². The number of benzene rings is 1. The molecule has 2 N–H and O–H groups in total. The molecule has 0 unspecified atom stereocenters. The highest BCUT2D eigenvalue weighted by Gasteiger charge is 2.29. The minimum atomic E-state index is -0.235. The lowest BCUT2D eigenvalue weighted by atomic mass is 9.84. The molecule has 1 aromatic carbocycles. The van der Waals surface area contributed by atoms with E-state index in [9.17, 15) is 9.59 Å². The fourth-order valence-electron chi connectivity index (χ4n) is 2.25. The molecule has 1 atom stereocenters. The first-order chi connectivity index (χ1) is 9.38. The molecule has 1 saturated heterocycles. The van der Waals surface area contributed by atoms with Gasteiger partial charge in [0.2, 0.25) is 11.8 Å². The number of hydrogen-bond acceptors (Lipinski definition) is 2. The molecule has 0 bridgehead atoms. The molecule has 2 amide bonds. The monoisotopic (exact) mass is 338 g/mol. The molecule has 0 spiro atoms. The SMILES string of the molecule is CC(C)(CNC(=O)[C@@H]1CNC(=O)C1)c1cccc(Br)c1. The smallest absolute Gasteiger partial charge is 0.225 e. The summed E-state index contributed by atoms with van der Waals surface area (Å²) in [4.78, 5) is 23.1. The molecule has 1 aliphatic rings. The van der Waals surface area contributed by atoms with E-state index in [0.29, 0.717) is 19.5 Å². The number of halogens is 1. The Morgan fingerprint density at radius 2 is 2.25 bits per heavy atom. The van der Waals surface area contributed by atoms with Crippen molar-refractivity contribution in [1.82, 2.24) is 10.6 Å². The zero-order valence-corrected chi connectivity index (χ0v) is 13.3. The van der Waals surface area contributed by atoms with Gasteiger partial charge in [0.25, 0.3) is 0 Å². The van der Waals surface area contributed by atoms with Crippen LogP contribution < -0.4 is 10.6 Å². The first kappa shape index (κ1) is 15.0. The standard InChI is InChI=1S/C15H19BrN2O2/c1-15(2,11-4-3-5-12(16)7-11)9-18-14(20)10-6-13(19)17-8-10/h3-5,7,10H,6,8-9H2,1-2H3,(H,17,19)(H,18,20)/t10-/m0/s1. The quantitative estimate of drug-likeness (QED) is 0.881. The molecule has 1 heterocycles. The minimum Gasteiger partial charge on any atom is -0.355 e. The summed E-state index contributed by atoms with van der Waals surface area (Å²) in [6, 6.07) is 8.08. The molecule has 2 rings (SSSR count). The fourth-order valence-corrected chi connectivity index (χ4v) is 2.65. The van der Waals surface area contributed by atoms with E-state index in [1.807, 2.05) is 12.1 Å². The second-order valence-corrected chi connectivity index (χ2v) is 6.73. The molecule has 20 heavy (non-hydrogen) atoms. The van der Waals surface area contributed by atoms with Crippen LogP contribution in [0.25, 0.3) is 0 Å². The predicted octanol–water partition coefficient (Wildman–Crippen LogP) is 1.98. The normalized spacial score (nSPS) is 18.8. The second kappa shape index (κ2) is 5.95. The molecule has 0 aliphatic carbocycles. The molecule has 1 aliphatic heterocycles. The maximum atomic E-state index is 12.0. The Hall–Kier alpha value is -1.36. The van der Waals surface area contributed by atoms with Crippen LogP contribution in [0.5, 0.6) is 0 Å². The van der Waals surface area contributed by atoms with Gasteiger partial charge < -0.3 is 10.6 Å². The largest absolute Gasteiger partial charge is 0.355 e. The zero-order chi connectivity index (χ0) is 14.8. The molecule has 108 valence electrons. The van der Waals surface area contributed by atoms with Gasteiger partial charge in [-0.2, -0.15) is 0 Å². The van der Waals surface area contributed by atoms with E-state index < -0.39 is 0 Å². The van der Waals surface area contributed by atoms with Crippen LogP contribution in [0, 0.1) is 5.92 Å². The summed E-state index contributed by atoms with van der Waals surface area (Å²) in [7, 11) is 0. The van der Waals surface area contributed by atoms with Gasteiger partial charge in [-0.3, -0.25) is 9.59 Å². The highest BCUT2D eigenvalue weighted by molar-refractivity contribution is 9.10. The second-order valence-electron chi connectivity index (χ2n) is 5.82. The van der Waals surface area contributed by atoms with Crippen LogP contribution in [0.4, 0.5) is 0 Å². The summed E-state index contributed by atoms with van der Waals surface area (Å²) in [5.74, 6) is -0.330. The van der Waals surface area contributed by atoms with E-state index >= 15 is 0 Å². The average molecular weight is 339 g/mol. The Morgan fingerprint density at radius 1 is 1.50 bits per heavy atom. The summed E-state index contributed by atoms with van der Waals surface area (Å²) < 4.78 is 1.03. The van der Waals surface area contributed by atoms with Crippen molar-refractivity contribution < 1.29 is 9.59 Å². The van der Waals surface area contributed by atoms with Gasteiger partial charge in [-0.25, -0.2) is 0 Å². The summed E-state index contributed by atoms with van der Waals surface area (Å²) in [6.45, 7) is 5.18. The number of carbonyl (C=O) groups is 2. The Morgan fingerprint density at radius 3 is 2.85 bits per heavy atom. The molecule has 1 aromatic rings. The molecule has 1 fully saturated rings. The lowest BCUT2D eigenvalue weighted by molar-refractivity contribution is -0.126. The Kier molecular flexibility index (Phi) is 4.48. The third kappa shape index (κ3) is 3.60. The van der Waals surface area contributed by atoms with Gasteiger partial charge in [-0.1, -0.05) is 41.9 Å². The van der Waals surface area contributed by atoms with Gasteiger partial charge in [0.1, 0.15) is 0 Å². The molecule has 4 nitrogen and oxygen atoms in total. The van der Waals surface area contributed by atoms with Crippen molar-refractivity contribution in [3.8, 4) is 0 Å². The van der Waals surface area contributed by atoms with E-state index in [4.69, 9.17) is 0 Å². The van der Waals surface area contributed by atoms with Crippen molar-refractivity contribution in [3.05, 3.63) is 34.3 Å². The number of amides is 2. The van der Waals surface area contributed by atoms with Crippen LogP contribution in [0.3, 0.4) is 0 Å². The third-order valence-electron chi connectivity index (χ3n) is 3.66. The average Bonchev–Trinajstić information content (AvgIpc) is 2.83. The van der Waals surface area contributed by atoms with Crippen molar-refractivity contribution in [1.29, 1.82) is 0 Å². The maximum Gasteiger partial charge on any atom is 0.225 e. The Labute approximate surface area is 127 Å². The van der Waals surface area contributed by atoms with Gasteiger partial charge in [0.15, 0.2) is 0 Å². The zero-order valence-electron chi connectivity index (χ0n) is 11.7. The van der Waals surface area contributed by atoms with Crippen molar-refractivity contribution in [2.75, 3.05) is 13.1 Å². The van der Waals surface area contributed by atoms with Crippen LogP contribution in [0.1, 0.15) is 25.8 Å². The minimum absolute atomic E-state index is 0.0450. The summed E-state index contributed by atoms with van der Waals surface area (Å²) in [6.07, 6.45) is 0.295. The molecule has 0 radical (unpaired) electrons. The number of rotatable bonds is 4. The number of carbonyl (C=O) groups excluding carboxylic acids is 2. The van der Waals surface area contributed by atoms with E-state index in [2.05, 4.69) is 52.5 Å². The summed E-state index contributed by atoms with van der Waals surface area (Å²) >= 11 is 3.46. The molecule has 0 saturated carbocycles. The van der Waals surface area contributed by atoms with Crippen LogP contribution in [0.15, 0.2) is 28.7 Å². The fraction of sp³-hybridized carbons (Fsp3) is 0.467. The Balaban J connectivity index is 1.95. The van der Waals surface area contributed by atoms with Crippen LogP contribution in [-0.4, -0.2) is 24.9 Å². The van der Waals surface area contributed by atoms with Crippen molar-refractivity contribution in [2.24, 2.45) is 5.92 Å². The number of hydrogen-bond donors (Lipinski definition) is 2. The first-order valence-electron chi connectivity index (χ1n) is 6.69. The molecule has 5 heteroatoms. The third-order valence-corrected chi connectivity index (χ3v) is 4.15. The molecular weight excluding hydrogens is 320 g/mol. The number of nitrogens with one attached hydrogen (secondary N) is 2. The molecule has 0 aromatic heterocycles. The van der Waals surface area contributed by atoms with Crippen LogP contribution >= 0.6 is 15.9 Å². The van der Waals surface area contributed by atoms with E-state index in [0.717, 1.165) is 10.0 Å². The highest BCUT2D eigenvalue weighted by Crippen LogP contribution is 2.25. The molecular formula is C15H19BrN2O2. The lowest BCUT2D eigenvalue weighted by Gasteiger charge is -2.26. The van der Waals surface area contributed by atoms with E-state index in [-0.39, 0.29) is 23.1 Å². The first-order valence-corrected chi connectivity index (χ1v) is 7.48. The summed E-state index contributed by atoms with van der Waals surface area (Å²) in [5, 5.41) is 5.64. The van der Waals surface area contributed by atoms with Crippen LogP contribution in [-0.2, 0) is 15.0 Å². The van der Waals surface area contributed by atoms with Gasteiger partial charge in [0.05, 0.1) is 5.92 Å². The van der Waals surface area contributed by atoms with E-state index in [1.165, 1.54) is 0 Å². The van der Waals surface area contributed by atoms with Gasteiger partial charge >= 0.3 is 0 Å². The van der Waals surface area contributed by atoms with Crippen molar-refractivity contribution in [2.45, 2.75) is 25.7 Å². The lowest BCUT2D eigenvalue weighted by Crippen LogP contribution is -2.40. The summed E-state index contributed by atoms with van der Waals surface area (Å²) in [5.41, 5.74) is 1.00. The predicted molar refractivity (Wildman–Crippen MR) is 81.3 cm³/mol. The highest BCUT2D eigenvalue weighted by atomic mass is 79.9. The van der Waals surface area contributed by atoms with Gasteiger partial charge in [-0.05, 0) is 17.7 Å².